The topological polar surface area (TPSA) is 67.2 Å². The van der Waals surface area contributed by atoms with Crippen LogP contribution in [0.4, 0.5) is 10.1 Å². The standard InChI is InChI=1S/C24H29FN6O/c1-3-22(32)31(20-10-5-4-6-11-20)24(23-26-27-28-29(23)2)14-17-30(18-15-24)16-13-19-9-7-8-12-21(19)25/h4-12H,3,13-18H2,1-2H3. The molecule has 1 aromatic heterocycles. The molecule has 4 rings (SSSR count). The third kappa shape index (κ3) is 4.27. The Bertz CT molecular complexity index is 1050. The van der Waals surface area contributed by atoms with Gasteiger partial charge in [0.2, 0.25) is 5.91 Å². The van der Waals surface area contributed by atoms with Gasteiger partial charge in [0.15, 0.2) is 5.82 Å². The van der Waals surface area contributed by atoms with E-state index in [2.05, 4.69) is 20.4 Å². The number of benzene rings is 2. The van der Waals surface area contributed by atoms with Crippen LogP contribution in [0.15, 0.2) is 54.6 Å². The van der Waals surface area contributed by atoms with Gasteiger partial charge in [0.25, 0.3) is 0 Å². The fourth-order valence-electron chi connectivity index (χ4n) is 4.66. The fraction of sp³-hybridized carbons (Fsp3) is 0.417. The van der Waals surface area contributed by atoms with Crippen molar-refractivity contribution in [3.63, 3.8) is 0 Å². The molecule has 0 N–H and O–H groups in total. The molecule has 8 heteroatoms. The predicted molar refractivity (Wildman–Crippen MR) is 120 cm³/mol. The number of rotatable bonds is 7. The lowest BCUT2D eigenvalue weighted by molar-refractivity contribution is -0.120. The maximum absolute atomic E-state index is 14.0. The Balaban J connectivity index is 1.61. The third-order valence-corrected chi connectivity index (χ3v) is 6.37. The molecule has 0 aliphatic carbocycles. The summed E-state index contributed by atoms with van der Waals surface area (Å²) in [6.07, 6.45) is 2.43. The molecule has 1 saturated heterocycles. The molecule has 32 heavy (non-hydrogen) atoms. The minimum Gasteiger partial charge on any atom is -0.303 e. The molecule has 1 amide bonds. The number of hydrogen-bond donors (Lipinski definition) is 0. The van der Waals surface area contributed by atoms with Crippen LogP contribution in [0.3, 0.4) is 0 Å². The van der Waals surface area contributed by atoms with Gasteiger partial charge in [-0.05, 0) is 53.5 Å². The highest BCUT2D eigenvalue weighted by Gasteiger charge is 2.47. The first-order chi connectivity index (χ1) is 15.5. The Morgan fingerprint density at radius 2 is 1.78 bits per heavy atom. The molecule has 0 atom stereocenters. The summed E-state index contributed by atoms with van der Waals surface area (Å²) in [5.74, 6) is 0.573. The lowest BCUT2D eigenvalue weighted by Gasteiger charge is -2.47. The molecular weight excluding hydrogens is 407 g/mol. The fourth-order valence-corrected chi connectivity index (χ4v) is 4.66. The van der Waals surface area contributed by atoms with Crippen LogP contribution < -0.4 is 4.90 Å². The van der Waals surface area contributed by atoms with E-state index >= 15 is 0 Å². The number of carbonyl (C=O) groups is 1. The van der Waals surface area contributed by atoms with E-state index in [0.29, 0.717) is 31.5 Å². The van der Waals surface area contributed by atoms with Crippen LogP contribution in [-0.4, -0.2) is 50.6 Å². The van der Waals surface area contributed by atoms with Crippen molar-refractivity contribution in [2.24, 2.45) is 7.05 Å². The first-order valence-electron chi connectivity index (χ1n) is 11.1. The third-order valence-electron chi connectivity index (χ3n) is 6.37. The molecule has 3 aromatic rings. The number of tetrazole rings is 1. The van der Waals surface area contributed by atoms with E-state index in [1.807, 2.05) is 61.3 Å². The Hall–Kier alpha value is -3.13. The minimum atomic E-state index is -0.638. The van der Waals surface area contributed by atoms with Crippen molar-refractivity contribution in [3.05, 3.63) is 71.8 Å². The lowest BCUT2D eigenvalue weighted by Crippen LogP contribution is -2.57. The second kappa shape index (κ2) is 9.56. The Morgan fingerprint density at radius 1 is 1.09 bits per heavy atom. The zero-order valence-electron chi connectivity index (χ0n) is 18.6. The molecular formula is C24H29FN6O. The molecule has 2 aromatic carbocycles. The van der Waals surface area contributed by atoms with E-state index in [1.165, 1.54) is 6.07 Å². The molecule has 168 valence electrons. The minimum absolute atomic E-state index is 0.0407. The second-order valence-corrected chi connectivity index (χ2v) is 8.26. The van der Waals surface area contributed by atoms with Gasteiger partial charge in [-0.2, -0.15) is 0 Å². The average molecular weight is 437 g/mol. The van der Waals surface area contributed by atoms with Gasteiger partial charge in [-0.3, -0.25) is 9.69 Å². The van der Waals surface area contributed by atoms with Gasteiger partial charge >= 0.3 is 0 Å². The van der Waals surface area contributed by atoms with Crippen molar-refractivity contribution < 1.29 is 9.18 Å². The molecule has 2 heterocycles. The van der Waals surface area contributed by atoms with Gasteiger partial charge in [0.1, 0.15) is 11.4 Å². The maximum Gasteiger partial charge on any atom is 0.227 e. The van der Waals surface area contributed by atoms with Crippen molar-refractivity contribution in [2.45, 2.75) is 38.1 Å². The highest BCUT2D eigenvalue weighted by molar-refractivity contribution is 5.94. The summed E-state index contributed by atoms with van der Waals surface area (Å²) in [7, 11) is 1.82. The number of hydrogen-bond acceptors (Lipinski definition) is 5. The van der Waals surface area contributed by atoms with E-state index in [-0.39, 0.29) is 11.7 Å². The summed E-state index contributed by atoms with van der Waals surface area (Å²) in [6, 6.07) is 16.7. The van der Waals surface area contributed by atoms with E-state index in [9.17, 15) is 9.18 Å². The van der Waals surface area contributed by atoms with Crippen LogP contribution in [0, 0.1) is 5.82 Å². The number of halogens is 1. The SMILES string of the molecule is CCC(=O)N(c1ccccc1)C1(c2nnnn2C)CCN(CCc2ccccc2F)CC1. The van der Waals surface area contributed by atoms with Crippen LogP contribution in [0.5, 0.6) is 0 Å². The van der Waals surface area contributed by atoms with Gasteiger partial charge in [-0.1, -0.05) is 43.3 Å². The number of piperidine rings is 1. The van der Waals surface area contributed by atoms with Crippen LogP contribution in [0.2, 0.25) is 0 Å². The monoisotopic (exact) mass is 436 g/mol. The number of para-hydroxylation sites is 1. The zero-order chi connectivity index (χ0) is 22.6. The van der Waals surface area contributed by atoms with Gasteiger partial charge in [-0.15, -0.1) is 5.10 Å². The molecule has 1 aliphatic rings. The number of aromatic nitrogens is 4. The summed E-state index contributed by atoms with van der Waals surface area (Å²) in [6.45, 7) is 4.18. The number of anilines is 1. The molecule has 1 aliphatic heterocycles. The predicted octanol–water partition coefficient (Wildman–Crippen LogP) is 3.33. The Labute approximate surface area is 187 Å². The molecule has 0 radical (unpaired) electrons. The van der Waals surface area contributed by atoms with Crippen LogP contribution in [0.1, 0.15) is 37.6 Å². The number of likely N-dealkylation sites (tertiary alicyclic amines) is 1. The van der Waals surface area contributed by atoms with Crippen molar-refractivity contribution in [2.75, 3.05) is 24.5 Å². The van der Waals surface area contributed by atoms with E-state index in [0.717, 1.165) is 30.9 Å². The summed E-state index contributed by atoms with van der Waals surface area (Å²) >= 11 is 0. The van der Waals surface area contributed by atoms with E-state index in [4.69, 9.17) is 0 Å². The Kier molecular flexibility index (Phi) is 6.60. The van der Waals surface area contributed by atoms with Crippen molar-refractivity contribution >= 4 is 11.6 Å². The summed E-state index contributed by atoms with van der Waals surface area (Å²) in [5, 5.41) is 12.3. The van der Waals surface area contributed by atoms with Crippen molar-refractivity contribution in [3.8, 4) is 0 Å². The highest BCUT2D eigenvalue weighted by Crippen LogP contribution is 2.41. The largest absolute Gasteiger partial charge is 0.303 e. The second-order valence-electron chi connectivity index (χ2n) is 8.26. The molecule has 0 unspecified atom stereocenters. The molecule has 0 bridgehead atoms. The molecule has 0 saturated carbocycles. The van der Waals surface area contributed by atoms with Gasteiger partial charge in [0, 0.05) is 38.8 Å². The first kappa shape index (κ1) is 22.1. The van der Waals surface area contributed by atoms with Gasteiger partial charge in [-0.25, -0.2) is 9.07 Å². The summed E-state index contributed by atoms with van der Waals surface area (Å²) in [4.78, 5) is 17.5. The number of carbonyl (C=O) groups excluding carboxylic acids is 1. The molecule has 0 spiro atoms. The smallest absolute Gasteiger partial charge is 0.227 e. The number of aryl methyl sites for hydroxylation is 1. The number of amides is 1. The normalized spacial score (nSPS) is 16.1. The maximum atomic E-state index is 14.0. The van der Waals surface area contributed by atoms with E-state index in [1.54, 1.807) is 10.7 Å². The molecule has 7 nitrogen and oxygen atoms in total. The average Bonchev–Trinajstić information content (AvgIpc) is 3.26. The van der Waals surface area contributed by atoms with Gasteiger partial charge in [0.05, 0.1) is 0 Å². The van der Waals surface area contributed by atoms with Crippen LogP contribution in [-0.2, 0) is 23.8 Å². The lowest BCUT2D eigenvalue weighted by atomic mass is 9.83. The summed E-state index contributed by atoms with van der Waals surface area (Å²) in [5.41, 5.74) is 0.942. The summed E-state index contributed by atoms with van der Waals surface area (Å²) < 4.78 is 15.7. The van der Waals surface area contributed by atoms with E-state index < -0.39 is 5.54 Å². The number of nitrogens with zero attached hydrogens (tertiary/aromatic N) is 6. The van der Waals surface area contributed by atoms with Crippen LogP contribution in [0.25, 0.3) is 0 Å². The van der Waals surface area contributed by atoms with Crippen LogP contribution >= 0.6 is 0 Å². The van der Waals surface area contributed by atoms with Crippen molar-refractivity contribution in [1.82, 2.24) is 25.1 Å². The zero-order valence-corrected chi connectivity index (χ0v) is 18.6. The highest BCUT2D eigenvalue weighted by atomic mass is 19.1. The molecule has 1 fully saturated rings. The van der Waals surface area contributed by atoms with Crippen molar-refractivity contribution in [1.29, 1.82) is 0 Å². The Morgan fingerprint density at radius 3 is 2.41 bits per heavy atom. The first-order valence-corrected chi connectivity index (χ1v) is 11.1. The quantitative estimate of drug-likeness (QED) is 0.568. The van der Waals surface area contributed by atoms with Gasteiger partial charge < -0.3 is 4.90 Å².